The van der Waals surface area contributed by atoms with E-state index in [1.165, 1.54) is 0 Å². The average molecular weight is 334 g/mol. The summed E-state index contributed by atoms with van der Waals surface area (Å²) in [4.78, 5) is 13.9. The lowest BCUT2D eigenvalue weighted by Crippen LogP contribution is -2.32. The lowest BCUT2D eigenvalue weighted by molar-refractivity contribution is 0.0910. The molecule has 0 saturated carbocycles. The lowest BCUT2D eigenvalue weighted by Gasteiger charge is -2.22. The fraction of sp³-hybridized carbons (Fsp3) is 0.278. The van der Waals surface area contributed by atoms with Crippen molar-refractivity contribution in [1.82, 2.24) is 4.90 Å². The van der Waals surface area contributed by atoms with E-state index in [0.717, 1.165) is 11.1 Å². The maximum Gasteiger partial charge on any atom is 0.410 e. The number of ether oxygens (including phenoxy) is 1. The molecule has 4 nitrogen and oxygen atoms in total. The van der Waals surface area contributed by atoms with Crippen LogP contribution in [0.3, 0.4) is 0 Å². The van der Waals surface area contributed by atoms with Gasteiger partial charge in [0.2, 0.25) is 0 Å². The first-order valence-corrected chi connectivity index (χ1v) is 7.88. The van der Waals surface area contributed by atoms with Gasteiger partial charge in [0.15, 0.2) is 0 Å². The monoisotopic (exact) mass is 333 g/mol. The van der Waals surface area contributed by atoms with Crippen LogP contribution < -0.4 is 0 Å². The second-order valence-corrected chi connectivity index (χ2v) is 5.61. The van der Waals surface area contributed by atoms with E-state index in [0.29, 0.717) is 24.5 Å². The average Bonchev–Trinajstić information content (AvgIpc) is 2.57. The standard InChI is InChI=1S/C18H20ClNO3/c19-17-9-4-8-16(12-17)13-20(10-5-11-21)18(22)23-14-15-6-2-1-3-7-15/h1-4,6-9,12,21H,5,10-11,13-14H2. The van der Waals surface area contributed by atoms with Gasteiger partial charge in [-0.3, -0.25) is 0 Å². The third-order valence-electron chi connectivity index (χ3n) is 3.31. The maximum absolute atomic E-state index is 12.3. The quantitative estimate of drug-likeness (QED) is 0.837. The van der Waals surface area contributed by atoms with E-state index in [9.17, 15) is 4.79 Å². The predicted octanol–water partition coefficient (Wildman–Crippen LogP) is 3.86. The van der Waals surface area contributed by atoms with Crippen molar-refractivity contribution in [3.8, 4) is 0 Å². The molecule has 0 aliphatic heterocycles. The van der Waals surface area contributed by atoms with Crippen molar-refractivity contribution in [3.63, 3.8) is 0 Å². The molecule has 0 aliphatic carbocycles. The van der Waals surface area contributed by atoms with E-state index in [1.54, 1.807) is 11.0 Å². The molecule has 0 radical (unpaired) electrons. The van der Waals surface area contributed by atoms with Crippen molar-refractivity contribution in [1.29, 1.82) is 0 Å². The number of rotatable bonds is 7. The molecule has 0 fully saturated rings. The number of aliphatic hydroxyl groups is 1. The second kappa shape index (κ2) is 9.18. The highest BCUT2D eigenvalue weighted by Crippen LogP contribution is 2.14. The summed E-state index contributed by atoms with van der Waals surface area (Å²) >= 11 is 5.98. The second-order valence-electron chi connectivity index (χ2n) is 5.17. The van der Waals surface area contributed by atoms with E-state index in [1.807, 2.05) is 48.5 Å². The summed E-state index contributed by atoms with van der Waals surface area (Å²) in [6.07, 6.45) is 0.100. The summed E-state index contributed by atoms with van der Waals surface area (Å²) in [6, 6.07) is 16.9. The Labute approximate surface area is 141 Å². The predicted molar refractivity (Wildman–Crippen MR) is 90.2 cm³/mol. The molecule has 0 heterocycles. The molecule has 23 heavy (non-hydrogen) atoms. The Kier molecular flexibility index (Phi) is 6.91. The number of carbonyl (C=O) groups is 1. The Morgan fingerprint density at radius 1 is 1.09 bits per heavy atom. The summed E-state index contributed by atoms with van der Waals surface area (Å²) in [5.41, 5.74) is 1.86. The van der Waals surface area contributed by atoms with Gasteiger partial charge in [-0.25, -0.2) is 4.79 Å². The summed E-state index contributed by atoms with van der Waals surface area (Å²) in [5, 5.41) is 9.64. The molecule has 5 heteroatoms. The SMILES string of the molecule is O=C(OCc1ccccc1)N(CCCO)Cc1cccc(Cl)c1. The molecule has 0 saturated heterocycles. The first-order chi connectivity index (χ1) is 11.2. The molecule has 2 aromatic carbocycles. The van der Waals surface area contributed by atoms with Crippen LogP contribution in [0.25, 0.3) is 0 Å². The number of nitrogens with zero attached hydrogens (tertiary/aromatic N) is 1. The minimum atomic E-state index is -0.401. The smallest absolute Gasteiger partial charge is 0.410 e. The molecule has 0 bridgehead atoms. The van der Waals surface area contributed by atoms with Crippen molar-refractivity contribution in [2.45, 2.75) is 19.6 Å². The molecule has 0 unspecified atom stereocenters. The topological polar surface area (TPSA) is 49.8 Å². The van der Waals surface area contributed by atoms with Crippen LogP contribution in [0.4, 0.5) is 4.79 Å². The number of hydrogen-bond donors (Lipinski definition) is 1. The largest absolute Gasteiger partial charge is 0.445 e. The molecule has 0 aromatic heterocycles. The van der Waals surface area contributed by atoms with E-state index in [4.69, 9.17) is 21.4 Å². The van der Waals surface area contributed by atoms with Crippen LogP contribution in [0.15, 0.2) is 54.6 Å². The van der Waals surface area contributed by atoms with E-state index < -0.39 is 6.09 Å². The Hall–Kier alpha value is -2.04. The van der Waals surface area contributed by atoms with E-state index in [2.05, 4.69) is 0 Å². The number of benzene rings is 2. The minimum absolute atomic E-state index is 0.0258. The van der Waals surface area contributed by atoms with Gasteiger partial charge in [-0.15, -0.1) is 0 Å². The van der Waals surface area contributed by atoms with Gasteiger partial charge in [-0.05, 0) is 29.7 Å². The van der Waals surface area contributed by atoms with Gasteiger partial charge in [-0.2, -0.15) is 0 Å². The third kappa shape index (κ3) is 5.93. The molecule has 0 aliphatic rings. The molecule has 1 amide bonds. The molecule has 2 aromatic rings. The number of amides is 1. The van der Waals surface area contributed by atoms with Crippen molar-refractivity contribution in [2.24, 2.45) is 0 Å². The zero-order chi connectivity index (χ0) is 16.5. The van der Waals surface area contributed by atoms with Crippen LogP contribution in [0.1, 0.15) is 17.5 Å². The summed E-state index contributed by atoms with van der Waals surface area (Å²) in [5.74, 6) is 0. The van der Waals surface area contributed by atoms with Gasteiger partial charge in [-0.1, -0.05) is 54.1 Å². The Bertz CT molecular complexity index is 619. The van der Waals surface area contributed by atoms with Gasteiger partial charge in [0.25, 0.3) is 0 Å². The van der Waals surface area contributed by atoms with Crippen molar-refractivity contribution in [2.75, 3.05) is 13.2 Å². The van der Waals surface area contributed by atoms with Crippen molar-refractivity contribution in [3.05, 3.63) is 70.7 Å². The van der Waals surface area contributed by atoms with Crippen LogP contribution in [0.5, 0.6) is 0 Å². The Balaban J connectivity index is 1.97. The number of carbonyl (C=O) groups excluding carboxylic acids is 1. The van der Waals surface area contributed by atoms with Crippen LogP contribution in [0, 0.1) is 0 Å². The van der Waals surface area contributed by atoms with Crippen LogP contribution in [0.2, 0.25) is 5.02 Å². The number of aliphatic hydroxyl groups excluding tert-OH is 1. The van der Waals surface area contributed by atoms with E-state index >= 15 is 0 Å². The number of halogens is 1. The fourth-order valence-electron chi connectivity index (χ4n) is 2.16. The summed E-state index contributed by atoms with van der Waals surface area (Å²) in [7, 11) is 0. The van der Waals surface area contributed by atoms with Gasteiger partial charge in [0.1, 0.15) is 6.61 Å². The van der Waals surface area contributed by atoms with Crippen LogP contribution in [-0.2, 0) is 17.9 Å². The summed E-state index contributed by atoms with van der Waals surface area (Å²) in [6.45, 7) is 1.08. The zero-order valence-corrected chi connectivity index (χ0v) is 13.6. The minimum Gasteiger partial charge on any atom is -0.445 e. The van der Waals surface area contributed by atoms with E-state index in [-0.39, 0.29) is 13.2 Å². The maximum atomic E-state index is 12.3. The Morgan fingerprint density at radius 2 is 1.83 bits per heavy atom. The van der Waals surface area contributed by atoms with Gasteiger partial charge >= 0.3 is 6.09 Å². The van der Waals surface area contributed by atoms with Crippen LogP contribution >= 0.6 is 11.6 Å². The Morgan fingerprint density at radius 3 is 2.52 bits per heavy atom. The van der Waals surface area contributed by atoms with Gasteiger partial charge in [0, 0.05) is 24.7 Å². The fourth-order valence-corrected chi connectivity index (χ4v) is 2.38. The molecular weight excluding hydrogens is 314 g/mol. The first-order valence-electron chi connectivity index (χ1n) is 7.50. The highest BCUT2D eigenvalue weighted by atomic mass is 35.5. The lowest BCUT2D eigenvalue weighted by atomic mass is 10.2. The third-order valence-corrected chi connectivity index (χ3v) is 3.55. The van der Waals surface area contributed by atoms with Crippen LogP contribution in [-0.4, -0.2) is 29.3 Å². The first kappa shape index (κ1) is 17.3. The molecule has 2 rings (SSSR count). The highest BCUT2D eigenvalue weighted by molar-refractivity contribution is 6.30. The zero-order valence-electron chi connectivity index (χ0n) is 12.8. The molecule has 1 N–H and O–H groups in total. The van der Waals surface area contributed by atoms with Crippen molar-refractivity contribution >= 4 is 17.7 Å². The molecular formula is C18H20ClNO3. The summed E-state index contributed by atoms with van der Waals surface area (Å²) < 4.78 is 5.36. The normalized spacial score (nSPS) is 10.3. The molecule has 0 spiro atoms. The van der Waals surface area contributed by atoms with Crippen molar-refractivity contribution < 1.29 is 14.6 Å². The van der Waals surface area contributed by atoms with Gasteiger partial charge < -0.3 is 14.7 Å². The molecule has 122 valence electrons. The van der Waals surface area contributed by atoms with Gasteiger partial charge in [0.05, 0.1) is 0 Å². The molecule has 0 atom stereocenters. The highest BCUT2D eigenvalue weighted by Gasteiger charge is 2.15. The number of hydrogen-bond acceptors (Lipinski definition) is 3.